The Morgan fingerprint density at radius 1 is 1.12 bits per heavy atom. The average Bonchev–Trinajstić information content (AvgIpc) is 2.52. The topological polar surface area (TPSA) is 113 Å². The lowest BCUT2D eigenvalue weighted by molar-refractivity contribution is -0.141. The molecule has 0 aliphatic heterocycles. The van der Waals surface area contributed by atoms with Gasteiger partial charge in [0.2, 0.25) is 11.8 Å². The number of Topliss-reactive ketones (excluding diaryl/α,β-unsaturated/α-hetero) is 1. The molecule has 1 unspecified atom stereocenters. The average molecular weight is 332 g/mol. The van der Waals surface area contributed by atoms with Crippen LogP contribution in [0.15, 0.2) is 35.9 Å². The van der Waals surface area contributed by atoms with E-state index in [1.165, 1.54) is 13.8 Å². The van der Waals surface area contributed by atoms with Crippen LogP contribution in [0.3, 0.4) is 0 Å². The van der Waals surface area contributed by atoms with E-state index in [4.69, 9.17) is 5.11 Å². The van der Waals surface area contributed by atoms with Crippen molar-refractivity contribution >= 4 is 29.3 Å². The Morgan fingerprint density at radius 3 is 2.17 bits per heavy atom. The fourth-order valence-corrected chi connectivity index (χ4v) is 1.84. The maximum absolute atomic E-state index is 11.9. The highest BCUT2D eigenvalue weighted by Gasteiger charge is 2.18. The molecule has 0 saturated carbocycles. The molecule has 0 radical (unpaired) electrons. The number of ketones is 1. The largest absolute Gasteiger partial charge is 0.480 e. The number of hydrogen-bond donors (Lipinski definition) is 3. The van der Waals surface area contributed by atoms with Crippen LogP contribution >= 0.6 is 0 Å². The lowest BCUT2D eigenvalue weighted by atomic mass is 10.1. The van der Waals surface area contributed by atoms with Crippen molar-refractivity contribution in [3.05, 3.63) is 41.5 Å². The number of carbonyl (C=O) groups is 4. The van der Waals surface area contributed by atoms with Crippen LogP contribution in [0.1, 0.15) is 37.6 Å². The van der Waals surface area contributed by atoms with Crippen LogP contribution in [0, 0.1) is 0 Å². The minimum atomic E-state index is -1.13. The van der Waals surface area contributed by atoms with Gasteiger partial charge < -0.3 is 15.7 Å². The Balaban J connectivity index is 2.70. The molecule has 1 atom stereocenters. The molecule has 0 heterocycles. The molecule has 7 heteroatoms. The Hall–Kier alpha value is -2.96. The summed E-state index contributed by atoms with van der Waals surface area (Å²) in [6.45, 7) is 4.50. The van der Waals surface area contributed by atoms with Gasteiger partial charge in [-0.1, -0.05) is 6.92 Å². The van der Waals surface area contributed by atoms with Crippen molar-refractivity contribution in [2.75, 3.05) is 5.32 Å². The quantitative estimate of drug-likeness (QED) is 0.520. The molecule has 24 heavy (non-hydrogen) atoms. The van der Waals surface area contributed by atoms with Gasteiger partial charge in [-0.15, -0.1) is 0 Å². The summed E-state index contributed by atoms with van der Waals surface area (Å²) in [7, 11) is 0. The number of nitrogens with one attached hydrogen (secondary N) is 2. The number of benzene rings is 1. The maximum atomic E-state index is 11.9. The highest BCUT2D eigenvalue weighted by atomic mass is 16.4. The number of carboxylic acid groups (broad SMARTS) is 1. The normalized spacial score (nSPS) is 12.2. The minimum absolute atomic E-state index is 0.0794. The highest BCUT2D eigenvalue weighted by Crippen LogP contribution is 2.10. The Morgan fingerprint density at radius 2 is 1.71 bits per heavy atom. The molecule has 1 aromatic rings. The van der Waals surface area contributed by atoms with Crippen molar-refractivity contribution in [2.24, 2.45) is 0 Å². The van der Waals surface area contributed by atoms with Crippen LogP contribution in [0.5, 0.6) is 0 Å². The zero-order chi connectivity index (χ0) is 18.3. The number of carbonyl (C=O) groups excluding carboxylic acids is 3. The van der Waals surface area contributed by atoms with Crippen molar-refractivity contribution < 1.29 is 24.3 Å². The van der Waals surface area contributed by atoms with Gasteiger partial charge in [-0.25, -0.2) is 4.79 Å². The molecule has 128 valence electrons. The molecule has 2 amide bonds. The standard InChI is InChI=1S/C17H20N2O5/c1-4-14(17(23)24)19-16(22)10(2)9-15(21)18-13-7-5-12(6-8-13)11(3)20/h5-9,14H,4H2,1-3H3,(H,18,21)(H,19,22)(H,23,24)/b10-9-. The van der Waals surface area contributed by atoms with E-state index in [9.17, 15) is 19.2 Å². The summed E-state index contributed by atoms with van der Waals surface area (Å²) in [6.07, 6.45) is 1.33. The van der Waals surface area contributed by atoms with Gasteiger partial charge in [-0.05, 0) is 44.5 Å². The summed E-state index contributed by atoms with van der Waals surface area (Å²) >= 11 is 0. The summed E-state index contributed by atoms with van der Waals surface area (Å²) in [4.78, 5) is 45.8. The van der Waals surface area contributed by atoms with Crippen LogP contribution < -0.4 is 10.6 Å². The molecule has 0 fully saturated rings. The lowest BCUT2D eigenvalue weighted by Gasteiger charge is -2.12. The van der Waals surface area contributed by atoms with Crippen molar-refractivity contribution in [1.29, 1.82) is 0 Å². The summed E-state index contributed by atoms with van der Waals surface area (Å²) in [5.74, 6) is -2.36. The van der Waals surface area contributed by atoms with Crippen molar-refractivity contribution in [1.82, 2.24) is 5.32 Å². The molecule has 0 bridgehead atoms. The predicted octanol–water partition coefficient (Wildman–Crippen LogP) is 1.75. The second-order valence-corrected chi connectivity index (χ2v) is 5.22. The first-order chi connectivity index (χ1) is 11.2. The molecule has 0 aromatic heterocycles. The van der Waals surface area contributed by atoms with Crippen LogP contribution in [0.4, 0.5) is 5.69 Å². The van der Waals surface area contributed by atoms with E-state index in [0.717, 1.165) is 6.08 Å². The first kappa shape index (κ1) is 19.1. The number of hydrogen-bond acceptors (Lipinski definition) is 4. The number of amides is 2. The van der Waals surface area contributed by atoms with Gasteiger partial charge in [0.05, 0.1) is 0 Å². The summed E-state index contributed by atoms with van der Waals surface area (Å²) in [5, 5.41) is 13.8. The molecule has 7 nitrogen and oxygen atoms in total. The van der Waals surface area contributed by atoms with Crippen LogP contribution in [0.25, 0.3) is 0 Å². The lowest BCUT2D eigenvalue weighted by Crippen LogP contribution is -2.40. The number of anilines is 1. The molecular formula is C17H20N2O5. The molecule has 0 saturated heterocycles. The molecule has 3 N–H and O–H groups in total. The van der Waals surface area contributed by atoms with E-state index in [-0.39, 0.29) is 17.8 Å². The monoisotopic (exact) mass is 332 g/mol. The van der Waals surface area contributed by atoms with Gasteiger partial charge in [0, 0.05) is 22.9 Å². The SMILES string of the molecule is CCC(NC(=O)/C(C)=C\C(=O)Nc1ccc(C(C)=O)cc1)C(=O)O. The predicted molar refractivity (Wildman–Crippen MR) is 88.7 cm³/mol. The molecule has 0 aliphatic carbocycles. The van der Waals surface area contributed by atoms with Gasteiger partial charge in [0.25, 0.3) is 0 Å². The van der Waals surface area contributed by atoms with E-state index in [2.05, 4.69) is 10.6 Å². The summed E-state index contributed by atoms with van der Waals surface area (Å²) in [6, 6.07) is 5.33. The molecular weight excluding hydrogens is 312 g/mol. The second kappa shape index (κ2) is 8.61. The van der Waals surface area contributed by atoms with Gasteiger partial charge in [0.1, 0.15) is 6.04 Å². The van der Waals surface area contributed by atoms with Crippen molar-refractivity contribution in [2.45, 2.75) is 33.2 Å². The Kier molecular flexibility index (Phi) is 6.85. The zero-order valence-electron chi connectivity index (χ0n) is 13.8. The van der Waals surface area contributed by atoms with Gasteiger partial charge in [-0.3, -0.25) is 14.4 Å². The van der Waals surface area contributed by atoms with Crippen molar-refractivity contribution in [3.8, 4) is 0 Å². The zero-order valence-corrected chi connectivity index (χ0v) is 13.8. The Labute approximate surface area is 139 Å². The Bertz CT molecular complexity index is 677. The number of carboxylic acids is 1. The molecule has 0 aliphatic rings. The number of aliphatic carboxylic acids is 1. The van der Waals surface area contributed by atoms with E-state index in [0.29, 0.717) is 11.3 Å². The third-order valence-corrected chi connectivity index (χ3v) is 3.28. The highest BCUT2D eigenvalue weighted by molar-refractivity contribution is 6.06. The molecule has 1 aromatic carbocycles. The fraction of sp³-hybridized carbons (Fsp3) is 0.294. The first-order valence-electron chi connectivity index (χ1n) is 7.38. The van der Waals surface area contributed by atoms with E-state index in [1.54, 1.807) is 31.2 Å². The number of rotatable bonds is 7. The van der Waals surface area contributed by atoms with Gasteiger partial charge in [0.15, 0.2) is 5.78 Å². The maximum Gasteiger partial charge on any atom is 0.326 e. The van der Waals surface area contributed by atoms with E-state index in [1.807, 2.05) is 0 Å². The van der Waals surface area contributed by atoms with Gasteiger partial charge >= 0.3 is 5.97 Å². The van der Waals surface area contributed by atoms with Crippen LogP contribution in [-0.2, 0) is 14.4 Å². The first-order valence-corrected chi connectivity index (χ1v) is 7.38. The smallest absolute Gasteiger partial charge is 0.326 e. The van der Waals surface area contributed by atoms with E-state index < -0.39 is 23.8 Å². The second-order valence-electron chi connectivity index (χ2n) is 5.22. The third kappa shape index (κ3) is 5.68. The van der Waals surface area contributed by atoms with Gasteiger partial charge in [-0.2, -0.15) is 0 Å². The van der Waals surface area contributed by atoms with Crippen LogP contribution in [0.2, 0.25) is 0 Å². The minimum Gasteiger partial charge on any atom is -0.480 e. The van der Waals surface area contributed by atoms with E-state index >= 15 is 0 Å². The fourth-order valence-electron chi connectivity index (χ4n) is 1.84. The molecule has 0 spiro atoms. The van der Waals surface area contributed by atoms with Crippen LogP contribution in [-0.4, -0.2) is 34.7 Å². The third-order valence-electron chi connectivity index (χ3n) is 3.28. The van der Waals surface area contributed by atoms with Crippen molar-refractivity contribution in [3.63, 3.8) is 0 Å². The molecule has 1 rings (SSSR count). The summed E-state index contributed by atoms with van der Waals surface area (Å²) in [5.41, 5.74) is 1.09. The summed E-state index contributed by atoms with van der Waals surface area (Å²) < 4.78 is 0.